The van der Waals surface area contributed by atoms with E-state index >= 15 is 0 Å². The van der Waals surface area contributed by atoms with Crippen molar-refractivity contribution in [3.63, 3.8) is 0 Å². The maximum Gasteiger partial charge on any atom is 0.292 e. The molecule has 9 heteroatoms. The van der Waals surface area contributed by atoms with Gasteiger partial charge in [0.2, 0.25) is 10.0 Å². The number of nitro groups is 1. The molecule has 0 spiro atoms. The van der Waals surface area contributed by atoms with E-state index in [1.807, 2.05) is 6.26 Å². The number of rotatable bonds is 8. The van der Waals surface area contributed by atoms with Crippen LogP contribution in [-0.2, 0) is 10.0 Å². The van der Waals surface area contributed by atoms with Gasteiger partial charge in [0.15, 0.2) is 0 Å². The van der Waals surface area contributed by atoms with Crippen LogP contribution in [0.2, 0.25) is 0 Å². The third-order valence-corrected chi connectivity index (χ3v) is 4.51. The van der Waals surface area contributed by atoms with Crippen molar-refractivity contribution in [3.8, 4) is 0 Å². The average molecular weight is 319 g/mol. The van der Waals surface area contributed by atoms with Crippen LogP contribution in [-0.4, -0.2) is 38.4 Å². The van der Waals surface area contributed by atoms with Gasteiger partial charge >= 0.3 is 0 Å². The first-order valence-electron chi connectivity index (χ1n) is 5.93. The molecule has 0 aliphatic carbocycles. The maximum atomic E-state index is 12.0. The minimum absolute atomic E-state index is 0.0140. The lowest BCUT2D eigenvalue weighted by molar-refractivity contribution is -0.384. The Morgan fingerprint density at radius 2 is 2.10 bits per heavy atom. The zero-order valence-electron chi connectivity index (χ0n) is 11.3. The molecule has 0 heterocycles. The Bertz CT molecular complexity index is 575. The minimum atomic E-state index is -3.64. The second-order valence-corrected chi connectivity index (χ2v) is 6.61. The van der Waals surface area contributed by atoms with E-state index in [-0.39, 0.29) is 16.3 Å². The molecular formula is C11H17N3O4S2. The number of anilines is 1. The van der Waals surface area contributed by atoms with Gasteiger partial charge < -0.3 is 5.32 Å². The van der Waals surface area contributed by atoms with Crippen LogP contribution in [0.25, 0.3) is 0 Å². The smallest absolute Gasteiger partial charge is 0.292 e. The first kappa shape index (κ1) is 16.7. The van der Waals surface area contributed by atoms with E-state index in [1.165, 1.54) is 30.0 Å². The van der Waals surface area contributed by atoms with Crippen LogP contribution in [0.1, 0.15) is 6.92 Å². The number of benzene rings is 1. The number of thioether (sulfide) groups is 1. The van der Waals surface area contributed by atoms with Crippen molar-refractivity contribution in [1.29, 1.82) is 0 Å². The molecule has 0 unspecified atom stereocenters. The van der Waals surface area contributed by atoms with Crippen molar-refractivity contribution >= 4 is 33.2 Å². The molecule has 0 aliphatic heterocycles. The van der Waals surface area contributed by atoms with Crippen LogP contribution in [0.3, 0.4) is 0 Å². The summed E-state index contributed by atoms with van der Waals surface area (Å²) in [4.78, 5) is 10.3. The Morgan fingerprint density at radius 1 is 1.40 bits per heavy atom. The van der Waals surface area contributed by atoms with Crippen LogP contribution in [0.5, 0.6) is 0 Å². The molecule has 0 aliphatic rings. The molecule has 0 fully saturated rings. The molecule has 1 aromatic rings. The number of hydrogen-bond donors (Lipinski definition) is 2. The number of nitro benzene ring substituents is 1. The molecule has 0 saturated carbocycles. The van der Waals surface area contributed by atoms with Gasteiger partial charge in [0.05, 0.1) is 9.82 Å². The number of hydrogen-bond acceptors (Lipinski definition) is 6. The second-order valence-electron chi connectivity index (χ2n) is 3.86. The molecule has 2 N–H and O–H groups in total. The van der Waals surface area contributed by atoms with Crippen LogP contribution >= 0.6 is 11.8 Å². The van der Waals surface area contributed by atoms with E-state index in [1.54, 1.807) is 6.92 Å². The molecule has 1 rings (SSSR count). The molecule has 20 heavy (non-hydrogen) atoms. The lowest BCUT2D eigenvalue weighted by Crippen LogP contribution is -2.26. The lowest BCUT2D eigenvalue weighted by atomic mass is 10.2. The number of sulfonamides is 1. The van der Waals surface area contributed by atoms with Gasteiger partial charge in [-0.3, -0.25) is 10.1 Å². The highest BCUT2D eigenvalue weighted by Crippen LogP contribution is 2.27. The summed E-state index contributed by atoms with van der Waals surface area (Å²) in [5.74, 6) is 0.659. The zero-order valence-corrected chi connectivity index (χ0v) is 12.9. The summed E-state index contributed by atoms with van der Waals surface area (Å²) < 4.78 is 26.5. The van der Waals surface area contributed by atoms with Crippen LogP contribution in [0.4, 0.5) is 11.4 Å². The fourth-order valence-electron chi connectivity index (χ4n) is 1.53. The molecule has 0 amide bonds. The van der Waals surface area contributed by atoms with E-state index in [4.69, 9.17) is 0 Å². The van der Waals surface area contributed by atoms with E-state index in [2.05, 4.69) is 10.0 Å². The topological polar surface area (TPSA) is 101 Å². The lowest BCUT2D eigenvalue weighted by Gasteiger charge is -2.09. The van der Waals surface area contributed by atoms with Crippen LogP contribution < -0.4 is 10.0 Å². The van der Waals surface area contributed by atoms with Gasteiger partial charge in [0.1, 0.15) is 5.69 Å². The van der Waals surface area contributed by atoms with Gasteiger partial charge in [-0.25, -0.2) is 13.1 Å². The Balaban J connectivity index is 3.07. The van der Waals surface area contributed by atoms with Gasteiger partial charge in [-0.2, -0.15) is 11.8 Å². The molecule has 7 nitrogen and oxygen atoms in total. The molecule has 112 valence electrons. The largest absolute Gasteiger partial charge is 0.380 e. The van der Waals surface area contributed by atoms with Crippen molar-refractivity contribution in [1.82, 2.24) is 4.72 Å². The summed E-state index contributed by atoms with van der Waals surface area (Å²) in [5, 5.41) is 13.7. The van der Waals surface area contributed by atoms with Crippen LogP contribution in [0, 0.1) is 10.1 Å². The molecular weight excluding hydrogens is 302 g/mol. The first-order valence-corrected chi connectivity index (χ1v) is 8.81. The Labute approximate surface area is 122 Å². The van der Waals surface area contributed by atoms with Gasteiger partial charge in [-0.05, 0) is 25.3 Å². The SMILES string of the molecule is CCNc1cc(S(=O)(=O)NCCSC)ccc1[N+](=O)[O-]. The molecule has 0 aromatic heterocycles. The van der Waals surface area contributed by atoms with Gasteiger partial charge in [0, 0.05) is 24.9 Å². The summed E-state index contributed by atoms with van der Waals surface area (Å²) in [6.45, 7) is 2.56. The van der Waals surface area contributed by atoms with Gasteiger partial charge in [-0.15, -0.1) is 0 Å². The monoisotopic (exact) mass is 319 g/mol. The van der Waals surface area contributed by atoms with Gasteiger partial charge in [-0.1, -0.05) is 0 Å². The summed E-state index contributed by atoms with van der Waals surface area (Å²) in [5.41, 5.74) is 0.0557. The molecule has 0 radical (unpaired) electrons. The zero-order chi connectivity index (χ0) is 15.2. The average Bonchev–Trinajstić information content (AvgIpc) is 2.39. The van der Waals surface area contributed by atoms with Crippen molar-refractivity contribution in [3.05, 3.63) is 28.3 Å². The quantitative estimate of drug-likeness (QED) is 0.429. The van der Waals surface area contributed by atoms with Gasteiger partial charge in [0.25, 0.3) is 5.69 Å². The van der Waals surface area contributed by atoms with E-state index in [0.717, 1.165) is 0 Å². The molecule has 0 saturated heterocycles. The predicted molar refractivity (Wildman–Crippen MR) is 80.8 cm³/mol. The predicted octanol–water partition coefficient (Wildman–Crippen LogP) is 1.67. The second kappa shape index (κ2) is 7.46. The fourth-order valence-corrected chi connectivity index (χ4v) is 3.03. The third-order valence-electron chi connectivity index (χ3n) is 2.44. The Morgan fingerprint density at radius 3 is 2.65 bits per heavy atom. The van der Waals surface area contributed by atoms with E-state index < -0.39 is 14.9 Å². The summed E-state index contributed by atoms with van der Waals surface area (Å²) >= 11 is 1.53. The molecule has 0 bridgehead atoms. The highest BCUT2D eigenvalue weighted by molar-refractivity contribution is 7.98. The molecule has 0 atom stereocenters. The summed E-state index contributed by atoms with van der Waals surface area (Å²) in [6, 6.07) is 3.71. The van der Waals surface area contributed by atoms with E-state index in [9.17, 15) is 18.5 Å². The highest BCUT2D eigenvalue weighted by Gasteiger charge is 2.19. The van der Waals surface area contributed by atoms with Crippen LogP contribution in [0.15, 0.2) is 23.1 Å². The third kappa shape index (κ3) is 4.36. The van der Waals surface area contributed by atoms with Crippen molar-refractivity contribution in [2.24, 2.45) is 0 Å². The minimum Gasteiger partial charge on any atom is -0.380 e. The summed E-state index contributed by atoms with van der Waals surface area (Å²) in [7, 11) is -3.64. The van der Waals surface area contributed by atoms with Crippen molar-refractivity contribution in [2.75, 3.05) is 30.4 Å². The Hall–Kier alpha value is -1.32. The number of nitrogens with zero attached hydrogens (tertiary/aromatic N) is 1. The standard InChI is InChI=1S/C11H17N3O4S2/c1-3-12-10-8-9(4-5-11(10)14(15)16)20(17,18)13-6-7-19-2/h4-5,8,12-13H,3,6-7H2,1-2H3. The van der Waals surface area contributed by atoms with Crippen molar-refractivity contribution in [2.45, 2.75) is 11.8 Å². The fraction of sp³-hybridized carbons (Fsp3) is 0.455. The number of nitrogens with one attached hydrogen (secondary N) is 2. The summed E-state index contributed by atoms with van der Waals surface area (Å²) in [6.07, 6.45) is 1.88. The normalized spacial score (nSPS) is 11.3. The van der Waals surface area contributed by atoms with E-state index in [0.29, 0.717) is 18.8 Å². The highest BCUT2D eigenvalue weighted by atomic mass is 32.2. The Kier molecular flexibility index (Phi) is 6.24. The first-order chi connectivity index (χ1) is 9.42. The molecule has 1 aromatic carbocycles. The maximum absolute atomic E-state index is 12.0. The van der Waals surface area contributed by atoms with Crippen molar-refractivity contribution < 1.29 is 13.3 Å².